The minimum Gasteiger partial charge on any atom is -0.443 e. The van der Waals surface area contributed by atoms with E-state index in [1.807, 2.05) is 18.2 Å². The molecule has 5 nitrogen and oxygen atoms in total. The van der Waals surface area contributed by atoms with E-state index in [-0.39, 0.29) is 34.8 Å². The third-order valence-corrected chi connectivity index (χ3v) is 4.55. The molecule has 1 heterocycles. The molecule has 0 radical (unpaired) electrons. The Kier molecular flexibility index (Phi) is 8.60. The van der Waals surface area contributed by atoms with E-state index in [9.17, 15) is 0 Å². The van der Waals surface area contributed by atoms with Gasteiger partial charge in [-0.25, -0.2) is 4.98 Å². The summed E-state index contributed by atoms with van der Waals surface area (Å²) in [5.41, 5.74) is 0.912. The summed E-state index contributed by atoms with van der Waals surface area (Å²) < 4.78 is 5.80. The smallest absolute Gasteiger partial charge is 0.213 e. The van der Waals surface area contributed by atoms with E-state index in [1.54, 1.807) is 13.2 Å². The van der Waals surface area contributed by atoms with Crippen LogP contribution in [-0.2, 0) is 17.4 Å². The largest absolute Gasteiger partial charge is 0.443 e. The molecule has 0 fully saturated rings. The highest BCUT2D eigenvalue weighted by molar-refractivity contribution is 14.0. The van der Waals surface area contributed by atoms with Crippen molar-refractivity contribution in [3.63, 3.8) is 0 Å². The second kappa shape index (κ2) is 9.78. The molecule has 0 saturated heterocycles. The molecule has 0 aliphatic rings. The average Bonchev–Trinajstić information content (AvgIpc) is 3.04. The van der Waals surface area contributed by atoms with Crippen molar-refractivity contribution >= 4 is 41.5 Å². The van der Waals surface area contributed by atoms with Gasteiger partial charge in [-0.2, -0.15) is 0 Å². The molecular formula is C20H30ClIN4O. The normalized spacial score (nSPS) is 12.5. The van der Waals surface area contributed by atoms with Crippen molar-refractivity contribution in [2.45, 2.75) is 52.0 Å². The SMILES string of the molecule is CN=C(NCc1ncc(C(C)(C)C)o1)NCC(C)(C)c1ccccc1Cl.I. The summed E-state index contributed by atoms with van der Waals surface area (Å²) in [6, 6.07) is 7.92. The topological polar surface area (TPSA) is 62.5 Å². The van der Waals surface area contributed by atoms with Crippen LogP contribution in [0.3, 0.4) is 0 Å². The average molecular weight is 505 g/mol. The van der Waals surface area contributed by atoms with Crippen molar-refractivity contribution in [1.29, 1.82) is 0 Å². The number of hydrogen-bond donors (Lipinski definition) is 2. The predicted octanol–water partition coefficient (Wildman–Crippen LogP) is 4.89. The molecule has 0 saturated carbocycles. The Labute approximate surface area is 184 Å². The lowest BCUT2D eigenvalue weighted by Crippen LogP contribution is -2.43. The molecule has 0 aliphatic carbocycles. The zero-order chi connectivity index (χ0) is 19.4. The van der Waals surface area contributed by atoms with Gasteiger partial charge in [0, 0.05) is 29.4 Å². The lowest BCUT2D eigenvalue weighted by molar-refractivity contribution is 0.379. The van der Waals surface area contributed by atoms with Crippen LogP contribution in [0.5, 0.6) is 0 Å². The van der Waals surface area contributed by atoms with Gasteiger partial charge < -0.3 is 15.1 Å². The Morgan fingerprint density at radius 3 is 2.37 bits per heavy atom. The summed E-state index contributed by atoms with van der Waals surface area (Å²) in [4.78, 5) is 8.60. The number of nitrogens with zero attached hydrogens (tertiary/aromatic N) is 2. The Balaban J connectivity index is 0.00000364. The van der Waals surface area contributed by atoms with E-state index in [4.69, 9.17) is 16.0 Å². The van der Waals surface area contributed by atoms with Crippen LogP contribution >= 0.6 is 35.6 Å². The van der Waals surface area contributed by atoms with Gasteiger partial charge in [-0.3, -0.25) is 4.99 Å². The van der Waals surface area contributed by atoms with Crippen molar-refractivity contribution in [3.8, 4) is 0 Å². The Bertz CT molecular complexity index is 765. The van der Waals surface area contributed by atoms with E-state index in [1.165, 1.54) is 0 Å². The first-order chi connectivity index (χ1) is 12.1. The predicted molar refractivity (Wildman–Crippen MR) is 123 cm³/mol. The maximum Gasteiger partial charge on any atom is 0.213 e. The highest BCUT2D eigenvalue weighted by Gasteiger charge is 2.23. The van der Waals surface area contributed by atoms with E-state index >= 15 is 0 Å². The Morgan fingerprint density at radius 2 is 1.81 bits per heavy atom. The molecule has 0 bridgehead atoms. The zero-order valence-corrected chi connectivity index (χ0v) is 20.0. The fraction of sp³-hybridized carbons (Fsp3) is 0.500. The van der Waals surface area contributed by atoms with Gasteiger partial charge in [0.2, 0.25) is 5.89 Å². The van der Waals surface area contributed by atoms with Gasteiger partial charge in [0.15, 0.2) is 5.96 Å². The van der Waals surface area contributed by atoms with E-state index in [2.05, 4.69) is 61.3 Å². The van der Waals surface area contributed by atoms with E-state index in [0.29, 0.717) is 24.9 Å². The van der Waals surface area contributed by atoms with Gasteiger partial charge in [0.05, 0.1) is 12.7 Å². The minimum absolute atomic E-state index is 0. The second-order valence-electron chi connectivity index (χ2n) is 8.01. The molecule has 2 rings (SSSR count). The number of aliphatic imine (C=N–C) groups is 1. The Hall–Kier alpha value is -1.28. The summed E-state index contributed by atoms with van der Waals surface area (Å²) in [5, 5.41) is 7.37. The first kappa shape index (κ1) is 23.8. The highest BCUT2D eigenvalue weighted by atomic mass is 127. The molecule has 0 atom stereocenters. The highest BCUT2D eigenvalue weighted by Crippen LogP contribution is 2.29. The zero-order valence-electron chi connectivity index (χ0n) is 16.9. The van der Waals surface area contributed by atoms with Crippen molar-refractivity contribution in [3.05, 3.63) is 52.7 Å². The maximum absolute atomic E-state index is 6.34. The summed E-state index contributed by atoms with van der Waals surface area (Å²) >= 11 is 6.34. The van der Waals surface area contributed by atoms with E-state index in [0.717, 1.165) is 16.3 Å². The van der Waals surface area contributed by atoms with Gasteiger partial charge in [-0.1, -0.05) is 64.4 Å². The van der Waals surface area contributed by atoms with Crippen LogP contribution in [0.2, 0.25) is 5.02 Å². The molecule has 0 amide bonds. The fourth-order valence-electron chi connectivity index (χ4n) is 2.53. The van der Waals surface area contributed by atoms with Crippen LogP contribution in [0.1, 0.15) is 51.8 Å². The number of rotatable bonds is 5. The number of guanidine groups is 1. The third-order valence-electron chi connectivity index (χ3n) is 4.22. The molecule has 0 spiro atoms. The van der Waals surface area contributed by atoms with Crippen molar-refractivity contribution < 1.29 is 4.42 Å². The standard InChI is InChI=1S/C20H29ClN4O.HI/c1-19(2,3)16-11-23-17(26-16)12-24-18(22-6)25-13-20(4,5)14-9-7-8-10-15(14)21;/h7-11H,12-13H2,1-6H3,(H2,22,24,25);1H. The molecule has 1 aromatic carbocycles. The molecule has 2 N–H and O–H groups in total. The van der Waals surface area contributed by atoms with Crippen LogP contribution in [0, 0.1) is 0 Å². The fourth-order valence-corrected chi connectivity index (χ4v) is 2.92. The molecule has 150 valence electrons. The van der Waals surface area contributed by atoms with Crippen LogP contribution in [-0.4, -0.2) is 24.5 Å². The van der Waals surface area contributed by atoms with Crippen molar-refractivity contribution in [1.82, 2.24) is 15.6 Å². The maximum atomic E-state index is 6.34. The van der Waals surface area contributed by atoms with Crippen LogP contribution in [0.4, 0.5) is 0 Å². The lowest BCUT2D eigenvalue weighted by atomic mass is 9.84. The molecule has 27 heavy (non-hydrogen) atoms. The number of aromatic nitrogens is 1. The van der Waals surface area contributed by atoms with Gasteiger partial charge in [-0.05, 0) is 11.6 Å². The van der Waals surface area contributed by atoms with Crippen LogP contribution in [0.15, 0.2) is 39.9 Å². The Morgan fingerprint density at radius 1 is 1.15 bits per heavy atom. The van der Waals surface area contributed by atoms with Gasteiger partial charge in [-0.15, -0.1) is 24.0 Å². The number of halogens is 2. The minimum atomic E-state index is -0.141. The monoisotopic (exact) mass is 504 g/mol. The van der Waals surface area contributed by atoms with Crippen LogP contribution in [0.25, 0.3) is 0 Å². The number of oxazole rings is 1. The number of hydrogen-bond acceptors (Lipinski definition) is 3. The van der Waals surface area contributed by atoms with Crippen LogP contribution < -0.4 is 10.6 Å². The van der Waals surface area contributed by atoms with Crippen molar-refractivity contribution in [2.75, 3.05) is 13.6 Å². The second-order valence-corrected chi connectivity index (χ2v) is 8.42. The molecular weight excluding hydrogens is 475 g/mol. The van der Waals surface area contributed by atoms with Gasteiger partial charge in [0.1, 0.15) is 5.76 Å². The molecule has 0 aliphatic heterocycles. The summed E-state index contributed by atoms with van der Waals surface area (Å²) in [6.07, 6.45) is 1.79. The van der Waals surface area contributed by atoms with E-state index < -0.39 is 0 Å². The molecule has 1 aromatic heterocycles. The molecule has 2 aromatic rings. The third kappa shape index (κ3) is 6.68. The molecule has 7 heteroatoms. The lowest BCUT2D eigenvalue weighted by Gasteiger charge is -2.27. The number of nitrogens with one attached hydrogen (secondary N) is 2. The number of benzene rings is 1. The first-order valence-corrected chi connectivity index (χ1v) is 9.16. The van der Waals surface area contributed by atoms with Gasteiger partial charge >= 0.3 is 0 Å². The van der Waals surface area contributed by atoms with Gasteiger partial charge in [0.25, 0.3) is 0 Å². The van der Waals surface area contributed by atoms with Crippen molar-refractivity contribution in [2.24, 2.45) is 4.99 Å². The quantitative estimate of drug-likeness (QED) is 0.346. The summed E-state index contributed by atoms with van der Waals surface area (Å²) in [7, 11) is 1.74. The summed E-state index contributed by atoms with van der Waals surface area (Å²) in [5.74, 6) is 2.21. The first-order valence-electron chi connectivity index (χ1n) is 8.78. The molecule has 0 unspecified atom stereocenters. The summed E-state index contributed by atoms with van der Waals surface area (Å²) in [6.45, 7) is 11.8.